The Morgan fingerprint density at radius 1 is 1.22 bits per heavy atom. The third kappa shape index (κ3) is 4.38. The van der Waals surface area contributed by atoms with E-state index in [1.807, 2.05) is 0 Å². The van der Waals surface area contributed by atoms with E-state index in [2.05, 4.69) is 0 Å². The lowest BCUT2D eigenvalue weighted by Crippen LogP contribution is -2.10. The van der Waals surface area contributed by atoms with Crippen LogP contribution < -0.4 is 4.74 Å². The Labute approximate surface area is 109 Å². The molecule has 0 radical (unpaired) electrons. The van der Waals surface area contributed by atoms with Crippen LogP contribution in [0.15, 0.2) is 18.2 Å². The molecule has 0 saturated heterocycles. The molecule has 0 heterocycles. The molecule has 0 aliphatic rings. The zero-order valence-electron chi connectivity index (χ0n) is 9.89. The van der Waals surface area contributed by atoms with E-state index < -0.39 is 11.7 Å². The molecule has 0 amide bonds. The fourth-order valence-electron chi connectivity index (χ4n) is 1.39. The van der Waals surface area contributed by atoms with Crippen LogP contribution in [-0.4, -0.2) is 20.3 Å². The number of halogens is 4. The van der Waals surface area contributed by atoms with Crippen LogP contribution in [0.4, 0.5) is 13.2 Å². The van der Waals surface area contributed by atoms with Gasteiger partial charge in [-0.15, -0.1) is 11.6 Å². The summed E-state index contributed by atoms with van der Waals surface area (Å²) >= 11 is 5.52. The van der Waals surface area contributed by atoms with Gasteiger partial charge in [-0.25, -0.2) is 0 Å². The van der Waals surface area contributed by atoms with E-state index in [1.165, 1.54) is 19.2 Å². The molecule has 1 rings (SSSR count). The molecule has 0 atom stereocenters. The predicted molar refractivity (Wildman–Crippen MR) is 63.0 cm³/mol. The van der Waals surface area contributed by atoms with Crippen molar-refractivity contribution in [3.05, 3.63) is 29.3 Å². The van der Waals surface area contributed by atoms with Gasteiger partial charge in [-0.05, 0) is 17.7 Å². The monoisotopic (exact) mass is 282 g/mol. The zero-order chi connectivity index (χ0) is 13.6. The van der Waals surface area contributed by atoms with Crippen molar-refractivity contribution in [3.63, 3.8) is 0 Å². The summed E-state index contributed by atoms with van der Waals surface area (Å²) in [6.07, 6.45) is -3.91. The molecule has 0 N–H and O–H groups in total. The SMILES string of the molecule is COCCCOc1ccc(CCl)cc1C(F)(F)F. The second-order valence-electron chi connectivity index (χ2n) is 3.66. The van der Waals surface area contributed by atoms with Crippen LogP contribution in [0.5, 0.6) is 5.75 Å². The van der Waals surface area contributed by atoms with Gasteiger partial charge in [0.15, 0.2) is 0 Å². The zero-order valence-corrected chi connectivity index (χ0v) is 10.6. The quantitative estimate of drug-likeness (QED) is 0.583. The van der Waals surface area contributed by atoms with Crippen LogP contribution in [-0.2, 0) is 16.8 Å². The van der Waals surface area contributed by atoms with Gasteiger partial charge in [0.05, 0.1) is 12.2 Å². The Balaban J connectivity index is 2.82. The van der Waals surface area contributed by atoms with Crippen LogP contribution in [0, 0.1) is 0 Å². The summed E-state index contributed by atoms with van der Waals surface area (Å²) in [5.74, 6) is -0.139. The number of benzene rings is 1. The molecule has 0 unspecified atom stereocenters. The summed E-state index contributed by atoms with van der Waals surface area (Å²) in [4.78, 5) is 0. The minimum Gasteiger partial charge on any atom is -0.493 e. The van der Waals surface area contributed by atoms with Gasteiger partial charge in [-0.3, -0.25) is 0 Å². The van der Waals surface area contributed by atoms with Gasteiger partial charge < -0.3 is 9.47 Å². The maximum atomic E-state index is 12.8. The van der Waals surface area contributed by atoms with E-state index in [0.717, 1.165) is 6.07 Å². The summed E-state index contributed by atoms with van der Waals surface area (Å²) in [6.45, 7) is 0.623. The highest BCUT2D eigenvalue weighted by Gasteiger charge is 2.34. The van der Waals surface area contributed by atoms with Crippen LogP contribution in [0.3, 0.4) is 0 Å². The summed E-state index contributed by atoms with van der Waals surface area (Å²) in [6, 6.07) is 3.83. The van der Waals surface area contributed by atoms with E-state index in [9.17, 15) is 13.2 Å². The van der Waals surface area contributed by atoms with Gasteiger partial charge >= 0.3 is 6.18 Å². The number of ether oxygens (including phenoxy) is 2. The molecule has 0 saturated carbocycles. The van der Waals surface area contributed by atoms with Crippen molar-refractivity contribution < 1.29 is 22.6 Å². The number of rotatable bonds is 6. The molecule has 0 spiro atoms. The third-order valence-corrected chi connectivity index (χ3v) is 2.56. The molecule has 2 nitrogen and oxygen atoms in total. The second kappa shape index (κ2) is 6.85. The second-order valence-corrected chi connectivity index (χ2v) is 3.92. The van der Waals surface area contributed by atoms with Gasteiger partial charge in [-0.1, -0.05) is 6.07 Å². The molecule has 18 heavy (non-hydrogen) atoms. The summed E-state index contributed by atoms with van der Waals surface area (Å²) < 4.78 is 48.3. The van der Waals surface area contributed by atoms with Crippen molar-refractivity contribution in [3.8, 4) is 5.75 Å². The lowest BCUT2D eigenvalue weighted by molar-refractivity contribution is -0.139. The van der Waals surface area contributed by atoms with Crippen molar-refractivity contribution in [2.75, 3.05) is 20.3 Å². The lowest BCUT2D eigenvalue weighted by atomic mass is 10.1. The minimum atomic E-state index is -4.45. The molecule has 0 aromatic heterocycles. The van der Waals surface area contributed by atoms with E-state index in [-0.39, 0.29) is 18.2 Å². The summed E-state index contributed by atoms with van der Waals surface area (Å²) in [5.41, 5.74) is -0.383. The first-order valence-electron chi connectivity index (χ1n) is 5.37. The number of alkyl halides is 4. The molecule has 1 aromatic carbocycles. The average Bonchev–Trinajstić information content (AvgIpc) is 2.33. The standard InChI is InChI=1S/C12H14ClF3O2/c1-17-5-2-6-18-11-4-3-9(8-13)7-10(11)12(14,15)16/h3-4,7H,2,5-6,8H2,1H3. The molecular formula is C12H14ClF3O2. The molecular weight excluding hydrogens is 269 g/mol. The molecule has 0 aliphatic heterocycles. The summed E-state index contributed by atoms with van der Waals surface area (Å²) in [7, 11) is 1.52. The number of hydrogen-bond acceptors (Lipinski definition) is 2. The first-order valence-corrected chi connectivity index (χ1v) is 5.90. The maximum absolute atomic E-state index is 12.8. The van der Waals surface area contributed by atoms with E-state index in [1.54, 1.807) is 0 Å². The minimum absolute atomic E-state index is 0.0348. The normalized spacial score (nSPS) is 11.6. The maximum Gasteiger partial charge on any atom is 0.419 e. The lowest BCUT2D eigenvalue weighted by Gasteiger charge is -2.14. The first-order chi connectivity index (χ1) is 8.49. The van der Waals surface area contributed by atoms with E-state index in [0.29, 0.717) is 18.6 Å². The third-order valence-electron chi connectivity index (χ3n) is 2.25. The fraction of sp³-hybridized carbons (Fsp3) is 0.500. The van der Waals surface area contributed by atoms with E-state index >= 15 is 0 Å². The summed E-state index contributed by atoms with van der Waals surface area (Å²) in [5, 5.41) is 0. The van der Waals surface area contributed by atoms with Crippen molar-refractivity contribution in [1.29, 1.82) is 0 Å². The van der Waals surface area contributed by atoms with Gasteiger partial charge in [0, 0.05) is 26.0 Å². The molecule has 1 aromatic rings. The number of hydrogen-bond donors (Lipinski definition) is 0. The van der Waals surface area contributed by atoms with Crippen LogP contribution in [0.25, 0.3) is 0 Å². The Morgan fingerprint density at radius 2 is 1.94 bits per heavy atom. The predicted octanol–water partition coefficient (Wildman–Crippen LogP) is 3.86. The highest BCUT2D eigenvalue weighted by molar-refractivity contribution is 6.17. The van der Waals surface area contributed by atoms with Crippen molar-refractivity contribution >= 4 is 11.6 Å². The van der Waals surface area contributed by atoms with Crippen LogP contribution in [0.1, 0.15) is 17.5 Å². The van der Waals surface area contributed by atoms with Crippen molar-refractivity contribution in [2.45, 2.75) is 18.5 Å². The topological polar surface area (TPSA) is 18.5 Å². The highest BCUT2D eigenvalue weighted by Crippen LogP contribution is 2.37. The Bertz CT molecular complexity index is 380. The average molecular weight is 283 g/mol. The smallest absolute Gasteiger partial charge is 0.419 e. The molecule has 6 heteroatoms. The van der Waals surface area contributed by atoms with Gasteiger partial charge in [-0.2, -0.15) is 13.2 Å². The van der Waals surface area contributed by atoms with Crippen LogP contribution in [0.2, 0.25) is 0 Å². The van der Waals surface area contributed by atoms with Gasteiger partial charge in [0.25, 0.3) is 0 Å². The van der Waals surface area contributed by atoms with Gasteiger partial charge in [0.1, 0.15) is 5.75 Å². The molecule has 0 bridgehead atoms. The first kappa shape index (κ1) is 15.1. The van der Waals surface area contributed by atoms with E-state index in [4.69, 9.17) is 21.1 Å². The molecule has 0 fully saturated rings. The van der Waals surface area contributed by atoms with Crippen molar-refractivity contribution in [2.24, 2.45) is 0 Å². The fourth-order valence-corrected chi connectivity index (χ4v) is 1.56. The Hall–Kier alpha value is -0.940. The largest absolute Gasteiger partial charge is 0.493 e. The Morgan fingerprint density at radius 3 is 2.50 bits per heavy atom. The van der Waals surface area contributed by atoms with Crippen LogP contribution >= 0.6 is 11.6 Å². The molecule has 102 valence electrons. The van der Waals surface area contributed by atoms with Crippen molar-refractivity contribution in [1.82, 2.24) is 0 Å². The molecule has 0 aliphatic carbocycles. The Kier molecular flexibility index (Phi) is 5.75. The van der Waals surface area contributed by atoms with Gasteiger partial charge in [0.2, 0.25) is 0 Å². The highest BCUT2D eigenvalue weighted by atomic mass is 35.5. The number of methoxy groups -OCH3 is 1.